The summed E-state index contributed by atoms with van der Waals surface area (Å²) in [6, 6.07) is 0. The Hall–Kier alpha value is -1.43. The van der Waals surface area contributed by atoms with E-state index in [1.165, 1.54) is 6.08 Å². The number of likely N-dealkylation sites (N-methyl/N-ethyl adjacent to an activating group) is 1. The first-order valence-corrected chi connectivity index (χ1v) is 3.94. The van der Waals surface area contributed by atoms with Gasteiger partial charge in [0.2, 0.25) is 0 Å². The third-order valence-electron chi connectivity index (χ3n) is 1.42. The highest BCUT2D eigenvalue weighted by Crippen LogP contribution is 2.03. The fraction of sp³-hybridized carbons (Fsp3) is 0.571. The molecule has 0 radical (unpaired) electrons. The maximum Gasteiger partial charge on any atom is 0.280 e. The van der Waals surface area contributed by atoms with Crippen molar-refractivity contribution in [3.8, 4) is 0 Å². The van der Waals surface area contributed by atoms with Crippen molar-refractivity contribution >= 4 is 6.34 Å². The number of nitro groups is 1. The lowest BCUT2D eigenvalue weighted by molar-refractivity contribution is -0.430. The van der Waals surface area contributed by atoms with E-state index >= 15 is 0 Å². The monoisotopic (exact) mass is 186 g/mol. The van der Waals surface area contributed by atoms with Crippen molar-refractivity contribution in [2.45, 2.75) is 20.0 Å². The summed E-state index contributed by atoms with van der Waals surface area (Å²) in [7, 11) is 0. The number of nitrogens with one attached hydrogen (secondary N) is 1. The van der Waals surface area contributed by atoms with E-state index in [1.807, 2.05) is 6.92 Å². The van der Waals surface area contributed by atoms with Crippen LogP contribution in [0, 0.1) is 10.1 Å². The molecule has 3 N–H and O–H groups in total. The van der Waals surface area contributed by atoms with Gasteiger partial charge in [0.1, 0.15) is 0 Å². The summed E-state index contributed by atoms with van der Waals surface area (Å²) >= 11 is 0. The van der Waals surface area contributed by atoms with Gasteiger partial charge >= 0.3 is 0 Å². The number of hydrogen-bond acceptors (Lipinski definition) is 4. The molecule has 0 spiro atoms. The van der Waals surface area contributed by atoms with Gasteiger partial charge in [-0.05, 0) is 19.5 Å². The molecule has 6 nitrogen and oxygen atoms in total. The predicted octanol–water partition coefficient (Wildman–Crippen LogP) is 0.0895. The van der Waals surface area contributed by atoms with E-state index < -0.39 is 11.1 Å². The van der Waals surface area contributed by atoms with Gasteiger partial charge in [-0.3, -0.25) is 15.4 Å². The van der Waals surface area contributed by atoms with Gasteiger partial charge in [0.15, 0.2) is 6.17 Å². The van der Waals surface area contributed by atoms with E-state index in [9.17, 15) is 10.1 Å². The average Bonchev–Trinajstić information content (AvgIpc) is 2.05. The smallest absolute Gasteiger partial charge is 0.280 e. The van der Waals surface area contributed by atoms with Crippen molar-refractivity contribution in [2.24, 2.45) is 10.7 Å². The van der Waals surface area contributed by atoms with Crippen LogP contribution in [0.5, 0.6) is 0 Å². The normalized spacial score (nSPS) is 14.8. The first-order valence-electron chi connectivity index (χ1n) is 3.94. The van der Waals surface area contributed by atoms with Crippen molar-refractivity contribution in [1.82, 2.24) is 5.32 Å². The van der Waals surface area contributed by atoms with Gasteiger partial charge in [0.05, 0.1) is 11.3 Å². The Morgan fingerprint density at radius 1 is 1.85 bits per heavy atom. The highest BCUT2D eigenvalue weighted by molar-refractivity contribution is 5.51. The van der Waals surface area contributed by atoms with Crippen LogP contribution in [0.2, 0.25) is 0 Å². The van der Waals surface area contributed by atoms with E-state index in [1.54, 1.807) is 6.92 Å². The molecule has 0 aromatic rings. The number of nitrogens with two attached hydrogens (primary N) is 1. The quantitative estimate of drug-likeness (QED) is 0.275. The Morgan fingerprint density at radius 3 is 2.77 bits per heavy atom. The molecule has 0 aromatic carbocycles. The third-order valence-corrected chi connectivity index (χ3v) is 1.42. The Bertz CT molecular complexity index is 225. The van der Waals surface area contributed by atoms with E-state index in [0.717, 1.165) is 6.34 Å². The third kappa shape index (κ3) is 3.66. The van der Waals surface area contributed by atoms with Gasteiger partial charge in [0.25, 0.3) is 5.70 Å². The summed E-state index contributed by atoms with van der Waals surface area (Å²) < 4.78 is 0. The molecule has 0 aliphatic carbocycles. The summed E-state index contributed by atoms with van der Waals surface area (Å²) in [5.74, 6) is 0. The van der Waals surface area contributed by atoms with Crippen molar-refractivity contribution in [1.29, 1.82) is 0 Å². The average molecular weight is 186 g/mol. The summed E-state index contributed by atoms with van der Waals surface area (Å²) in [5.41, 5.74) is 5.07. The van der Waals surface area contributed by atoms with Crippen LogP contribution in [0.25, 0.3) is 0 Å². The molecular formula is C7H14N4O2. The summed E-state index contributed by atoms with van der Waals surface area (Å²) in [4.78, 5) is 13.8. The second-order valence-corrected chi connectivity index (χ2v) is 2.23. The van der Waals surface area contributed by atoms with Gasteiger partial charge in [0, 0.05) is 0 Å². The van der Waals surface area contributed by atoms with Gasteiger partial charge in [-0.25, -0.2) is 4.99 Å². The van der Waals surface area contributed by atoms with Crippen molar-refractivity contribution in [3.05, 3.63) is 21.9 Å². The molecule has 0 saturated heterocycles. The van der Waals surface area contributed by atoms with Crippen LogP contribution in [0.15, 0.2) is 16.8 Å². The van der Waals surface area contributed by atoms with Crippen LogP contribution >= 0.6 is 0 Å². The Kier molecular flexibility index (Phi) is 5.45. The van der Waals surface area contributed by atoms with Gasteiger partial charge < -0.3 is 5.73 Å². The molecule has 0 aliphatic rings. The molecule has 6 heteroatoms. The van der Waals surface area contributed by atoms with Crippen LogP contribution in [0.4, 0.5) is 0 Å². The van der Waals surface area contributed by atoms with Crippen LogP contribution in [0.1, 0.15) is 13.8 Å². The topological polar surface area (TPSA) is 93.5 Å². The van der Waals surface area contributed by atoms with Gasteiger partial charge in [-0.2, -0.15) is 0 Å². The second-order valence-electron chi connectivity index (χ2n) is 2.23. The lowest BCUT2D eigenvalue weighted by Crippen LogP contribution is -2.32. The fourth-order valence-corrected chi connectivity index (χ4v) is 0.876. The Balaban J connectivity index is 4.59. The summed E-state index contributed by atoms with van der Waals surface area (Å²) in [6.45, 7) is 4.02. The number of allylic oxidation sites excluding steroid dienone is 1. The molecule has 0 aliphatic heterocycles. The van der Waals surface area contributed by atoms with E-state index in [4.69, 9.17) is 5.73 Å². The zero-order chi connectivity index (χ0) is 10.3. The molecule has 0 fully saturated rings. The zero-order valence-corrected chi connectivity index (χ0v) is 7.73. The molecule has 74 valence electrons. The standard InChI is InChI=1S/C7H14N4O2/c1-3-6(11(12)13)7(9-4-2)10-5-8/h3,5,7,9H,4H2,1-2H3,(H2,8,10)/b6-3-. The van der Waals surface area contributed by atoms with Crippen molar-refractivity contribution in [3.63, 3.8) is 0 Å². The first kappa shape index (κ1) is 11.6. The molecule has 0 saturated carbocycles. The van der Waals surface area contributed by atoms with Crippen LogP contribution in [-0.2, 0) is 0 Å². The Labute approximate surface area is 76.7 Å². The molecule has 0 heterocycles. The minimum Gasteiger partial charge on any atom is -0.390 e. The SMILES string of the molecule is C/C=C(/C(N=CN)NCC)[N+](=O)[O-]. The maximum atomic E-state index is 10.5. The van der Waals surface area contributed by atoms with Gasteiger partial charge in [-0.15, -0.1) is 0 Å². The summed E-state index contributed by atoms with van der Waals surface area (Å²) in [6.07, 6.45) is 1.80. The molecule has 13 heavy (non-hydrogen) atoms. The molecule has 0 rings (SSSR count). The number of rotatable bonds is 5. The van der Waals surface area contributed by atoms with Crippen LogP contribution < -0.4 is 11.1 Å². The predicted molar refractivity (Wildman–Crippen MR) is 50.9 cm³/mol. The molecule has 1 unspecified atom stereocenters. The van der Waals surface area contributed by atoms with Crippen molar-refractivity contribution < 1.29 is 4.92 Å². The van der Waals surface area contributed by atoms with E-state index in [2.05, 4.69) is 10.3 Å². The van der Waals surface area contributed by atoms with Crippen molar-refractivity contribution in [2.75, 3.05) is 6.54 Å². The van der Waals surface area contributed by atoms with Crippen LogP contribution in [-0.4, -0.2) is 24.0 Å². The lowest BCUT2D eigenvalue weighted by Gasteiger charge is -2.09. The van der Waals surface area contributed by atoms with Gasteiger partial charge in [-0.1, -0.05) is 6.92 Å². The second kappa shape index (κ2) is 6.13. The highest BCUT2D eigenvalue weighted by atomic mass is 16.6. The molecular weight excluding hydrogens is 172 g/mol. The minimum absolute atomic E-state index is 0.00329. The van der Waals surface area contributed by atoms with Crippen LogP contribution in [0.3, 0.4) is 0 Å². The minimum atomic E-state index is -0.657. The zero-order valence-electron chi connectivity index (χ0n) is 7.73. The lowest BCUT2D eigenvalue weighted by atomic mass is 10.3. The molecule has 0 bridgehead atoms. The number of hydrogen-bond donors (Lipinski definition) is 2. The number of nitrogens with zero attached hydrogens (tertiary/aromatic N) is 2. The molecule has 0 aromatic heterocycles. The highest BCUT2D eigenvalue weighted by Gasteiger charge is 2.20. The maximum absolute atomic E-state index is 10.5. The number of aliphatic imine (C=N–C) groups is 1. The first-order chi connectivity index (χ1) is 6.17. The van der Waals surface area contributed by atoms with E-state index in [-0.39, 0.29) is 5.70 Å². The largest absolute Gasteiger partial charge is 0.390 e. The summed E-state index contributed by atoms with van der Waals surface area (Å²) in [5, 5.41) is 13.3. The van der Waals surface area contributed by atoms with E-state index in [0.29, 0.717) is 6.54 Å². The molecule has 1 atom stereocenters. The Morgan fingerprint density at radius 2 is 2.46 bits per heavy atom. The fourth-order valence-electron chi connectivity index (χ4n) is 0.876. The molecule has 0 amide bonds.